The molecule has 2 N–H and O–H groups in total. The normalized spacial score (nSPS) is 15.8. The molecule has 0 fully saturated rings. The minimum Gasteiger partial charge on any atom is -0.395 e. The first kappa shape index (κ1) is 18.9. The van der Waals surface area contributed by atoms with E-state index < -0.39 is 0 Å². The molecule has 0 aromatic carbocycles. The lowest BCUT2D eigenvalue weighted by Crippen LogP contribution is -2.27. The fourth-order valence-corrected chi connectivity index (χ4v) is 2.92. The number of fused-ring (bicyclic) bond motifs is 1. The van der Waals surface area contributed by atoms with Crippen LogP contribution >= 0.6 is 0 Å². The zero-order valence-corrected chi connectivity index (χ0v) is 15.3. The molecule has 0 atom stereocenters. The van der Waals surface area contributed by atoms with Gasteiger partial charge in [0.25, 0.3) is 0 Å². The standard InChI is InChI=1S/C18H32N4O2/c1-18(2,3)7-11-21-9-4-10-22-16(14-21)13-15(20-22)5-6-17(24)19-8-12-23/h13,23H,4-12,14H2,1-3H3,(H,19,24). The smallest absolute Gasteiger partial charge is 0.220 e. The Balaban J connectivity index is 1.88. The summed E-state index contributed by atoms with van der Waals surface area (Å²) in [6.07, 6.45) is 3.39. The van der Waals surface area contributed by atoms with Crippen molar-refractivity contribution in [2.45, 2.75) is 59.5 Å². The molecule has 0 spiro atoms. The topological polar surface area (TPSA) is 70.4 Å². The van der Waals surface area contributed by atoms with Crippen LogP contribution in [0.25, 0.3) is 0 Å². The summed E-state index contributed by atoms with van der Waals surface area (Å²) in [5, 5.41) is 16.1. The number of rotatable bonds is 7. The van der Waals surface area contributed by atoms with Crippen LogP contribution in [0.4, 0.5) is 0 Å². The van der Waals surface area contributed by atoms with Crippen LogP contribution in [0.5, 0.6) is 0 Å². The second-order valence-corrected chi connectivity index (χ2v) is 7.86. The van der Waals surface area contributed by atoms with Gasteiger partial charge in [0.05, 0.1) is 18.0 Å². The molecule has 2 heterocycles. The molecule has 1 amide bonds. The van der Waals surface area contributed by atoms with Gasteiger partial charge in [-0.1, -0.05) is 20.8 Å². The number of nitrogens with zero attached hydrogens (tertiary/aromatic N) is 3. The monoisotopic (exact) mass is 336 g/mol. The molecule has 6 nitrogen and oxygen atoms in total. The Labute approximate surface area is 145 Å². The number of nitrogens with one attached hydrogen (secondary N) is 1. The van der Waals surface area contributed by atoms with Gasteiger partial charge in [0.1, 0.15) is 0 Å². The van der Waals surface area contributed by atoms with E-state index >= 15 is 0 Å². The lowest BCUT2D eigenvalue weighted by Gasteiger charge is -2.25. The van der Waals surface area contributed by atoms with E-state index in [0.29, 0.717) is 24.8 Å². The van der Waals surface area contributed by atoms with Crippen molar-refractivity contribution in [3.63, 3.8) is 0 Å². The van der Waals surface area contributed by atoms with Gasteiger partial charge in [0, 0.05) is 39.0 Å². The highest BCUT2D eigenvalue weighted by Gasteiger charge is 2.19. The minimum atomic E-state index is -0.0287. The van der Waals surface area contributed by atoms with Crippen LogP contribution in [0.3, 0.4) is 0 Å². The molecular weight excluding hydrogens is 304 g/mol. The van der Waals surface area contributed by atoms with Crippen molar-refractivity contribution in [2.75, 3.05) is 26.2 Å². The third kappa shape index (κ3) is 6.24. The Morgan fingerprint density at radius 3 is 2.88 bits per heavy atom. The van der Waals surface area contributed by atoms with Crippen molar-refractivity contribution in [2.24, 2.45) is 5.41 Å². The SMILES string of the molecule is CC(C)(C)CCN1CCCn2nc(CCC(=O)NCCO)cc2C1. The molecule has 0 aliphatic carbocycles. The van der Waals surface area contributed by atoms with Gasteiger partial charge in [0.15, 0.2) is 0 Å². The van der Waals surface area contributed by atoms with Crippen molar-refractivity contribution in [3.8, 4) is 0 Å². The van der Waals surface area contributed by atoms with Gasteiger partial charge in [0.2, 0.25) is 5.91 Å². The number of aliphatic hydroxyl groups is 1. The average Bonchev–Trinajstić information content (AvgIpc) is 2.79. The molecule has 6 heteroatoms. The maximum atomic E-state index is 11.6. The van der Waals surface area contributed by atoms with Gasteiger partial charge >= 0.3 is 0 Å². The number of carbonyl (C=O) groups excluding carboxylic acids is 1. The van der Waals surface area contributed by atoms with Gasteiger partial charge in [-0.3, -0.25) is 14.4 Å². The van der Waals surface area contributed by atoms with Crippen LogP contribution in [0.1, 0.15) is 51.4 Å². The Kier molecular flexibility index (Phi) is 6.80. The van der Waals surface area contributed by atoms with E-state index in [1.807, 2.05) is 0 Å². The van der Waals surface area contributed by atoms with Crippen LogP contribution in [-0.4, -0.2) is 51.9 Å². The number of hydrogen-bond donors (Lipinski definition) is 2. The molecule has 2 rings (SSSR count). The first-order valence-corrected chi connectivity index (χ1v) is 9.03. The Morgan fingerprint density at radius 1 is 1.38 bits per heavy atom. The Bertz CT molecular complexity index is 534. The zero-order chi connectivity index (χ0) is 17.6. The second kappa shape index (κ2) is 8.62. The maximum absolute atomic E-state index is 11.6. The predicted octanol–water partition coefficient (Wildman–Crippen LogP) is 1.57. The third-order valence-electron chi connectivity index (χ3n) is 4.36. The summed E-state index contributed by atoms with van der Waals surface area (Å²) >= 11 is 0. The summed E-state index contributed by atoms with van der Waals surface area (Å²) in [5.74, 6) is -0.0287. The van der Waals surface area contributed by atoms with E-state index in [1.54, 1.807) is 0 Å². The summed E-state index contributed by atoms with van der Waals surface area (Å²) in [5.41, 5.74) is 2.61. The maximum Gasteiger partial charge on any atom is 0.220 e. The lowest BCUT2D eigenvalue weighted by atomic mass is 9.92. The van der Waals surface area contributed by atoms with Gasteiger partial charge in [-0.05, 0) is 30.9 Å². The lowest BCUT2D eigenvalue weighted by molar-refractivity contribution is -0.121. The van der Waals surface area contributed by atoms with Crippen molar-refractivity contribution in [3.05, 3.63) is 17.5 Å². The Hall–Kier alpha value is -1.40. The van der Waals surface area contributed by atoms with E-state index in [1.165, 1.54) is 12.1 Å². The first-order chi connectivity index (χ1) is 11.4. The van der Waals surface area contributed by atoms with Gasteiger partial charge in [-0.25, -0.2) is 0 Å². The van der Waals surface area contributed by atoms with Crippen LogP contribution in [0.15, 0.2) is 6.07 Å². The summed E-state index contributed by atoms with van der Waals surface area (Å²) in [4.78, 5) is 14.2. The van der Waals surface area contributed by atoms with E-state index in [-0.39, 0.29) is 12.5 Å². The summed E-state index contributed by atoms with van der Waals surface area (Å²) < 4.78 is 2.11. The van der Waals surface area contributed by atoms with Crippen molar-refractivity contribution in [1.29, 1.82) is 0 Å². The molecule has 24 heavy (non-hydrogen) atoms. The molecule has 0 bridgehead atoms. The molecule has 1 aromatic rings. The number of carbonyl (C=O) groups is 1. The molecular formula is C18H32N4O2. The van der Waals surface area contributed by atoms with Gasteiger partial charge in [-0.2, -0.15) is 5.10 Å². The average molecular weight is 336 g/mol. The highest BCUT2D eigenvalue weighted by Crippen LogP contribution is 2.21. The van der Waals surface area contributed by atoms with Crippen LogP contribution < -0.4 is 5.32 Å². The largest absolute Gasteiger partial charge is 0.395 e. The van der Waals surface area contributed by atoms with E-state index in [0.717, 1.165) is 38.3 Å². The first-order valence-electron chi connectivity index (χ1n) is 9.03. The number of aromatic nitrogens is 2. The molecule has 0 saturated carbocycles. The van der Waals surface area contributed by atoms with Crippen molar-refractivity contribution in [1.82, 2.24) is 20.0 Å². The van der Waals surface area contributed by atoms with Gasteiger partial charge < -0.3 is 10.4 Å². The predicted molar refractivity (Wildman–Crippen MR) is 94.6 cm³/mol. The number of aryl methyl sites for hydroxylation is 2. The molecule has 0 radical (unpaired) electrons. The van der Waals surface area contributed by atoms with E-state index in [4.69, 9.17) is 5.11 Å². The van der Waals surface area contributed by atoms with Crippen LogP contribution in [0.2, 0.25) is 0 Å². The fourth-order valence-electron chi connectivity index (χ4n) is 2.92. The fraction of sp³-hybridized carbons (Fsp3) is 0.778. The molecule has 1 aliphatic rings. The van der Waals surface area contributed by atoms with Crippen LogP contribution in [0, 0.1) is 5.41 Å². The quantitative estimate of drug-likeness (QED) is 0.793. The van der Waals surface area contributed by atoms with E-state index in [9.17, 15) is 4.79 Å². The Morgan fingerprint density at radius 2 is 2.17 bits per heavy atom. The molecule has 1 aliphatic heterocycles. The third-order valence-corrected chi connectivity index (χ3v) is 4.36. The number of hydrogen-bond acceptors (Lipinski definition) is 4. The summed E-state index contributed by atoms with van der Waals surface area (Å²) in [6, 6.07) is 2.15. The van der Waals surface area contributed by atoms with E-state index in [2.05, 4.69) is 46.8 Å². The molecule has 1 aromatic heterocycles. The second-order valence-electron chi connectivity index (χ2n) is 7.86. The summed E-state index contributed by atoms with van der Waals surface area (Å²) in [6.45, 7) is 11.3. The van der Waals surface area contributed by atoms with Crippen molar-refractivity contribution >= 4 is 5.91 Å². The summed E-state index contributed by atoms with van der Waals surface area (Å²) in [7, 11) is 0. The molecule has 0 saturated heterocycles. The highest BCUT2D eigenvalue weighted by molar-refractivity contribution is 5.76. The van der Waals surface area contributed by atoms with Crippen molar-refractivity contribution < 1.29 is 9.90 Å². The molecule has 0 unspecified atom stereocenters. The minimum absolute atomic E-state index is 0.0189. The van der Waals surface area contributed by atoms with Gasteiger partial charge in [-0.15, -0.1) is 0 Å². The zero-order valence-electron chi connectivity index (χ0n) is 15.3. The number of aliphatic hydroxyl groups excluding tert-OH is 1. The highest BCUT2D eigenvalue weighted by atomic mass is 16.3. The van der Waals surface area contributed by atoms with Crippen LogP contribution in [-0.2, 0) is 24.3 Å². The number of amides is 1. The molecule has 136 valence electrons.